The summed E-state index contributed by atoms with van der Waals surface area (Å²) < 4.78 is 0. The second kappa shape index (κ2) is 6.71. The average molecular weight is 320 g/mol. The molecule has 5 heteroatoms. The van der Waals surface area contributed by atoms with Gasteiger partial charge < -0.3 is 15.5 Å². The van der Waals surface area contributed by atoms with Gasteiger partial charge in [0, 0.05) is 0 Å². The number of carboxylic acids is 1. The number of aromatic hydroxyl groups is 1. The highest BCUT2D eigenvalue weighted by atomic mass is 35.5. The van der Waals surface area contributed by atoms with E-state index in [9.17, 15) is 9.90 Å². The first-order chi connectivity index (χ1) is 10.4. The maximum Gasteiger partial charge on any atom is 0.335 e. The van der Waals surface area contributed by atoms with E-state index in [1.807, 2.05) is 12.1 Å². The van der Waals surface area contributed by atoms with Crippen molar-refractivity contribution in [3.8, 4) is 5.75 Å². The summed E-state index contributed by atoms with van der Waals surface area (Å²) in [5.74, 6) is -0.536. The Morgan fingerprint density at radius 2 is 1.95 bits per heavy atom. The molecule has 1 unspecified atom stereocenters. The smallest absolute Gasteiger partial charge is 0.335 e. The van der Waals surface area contributed by atoms with E-state index in [4.69, 9.17) is 16.7 Å². The molecule has 0 aliphatic rings. The third-order valence-corrected chi connectivity index (χ3v) is 4.00. The van der Waals surface area contributed by atoms with E-state index in [0.29, 0.717) is 17.3 Å². The lowest BCUT2D eigenvalue weighted by Gasteiger charge is -2.14. The minimum atomic E-state index is -1.03. The van der Waals surface area contributed by atoms with Crippen molar-refractivity contribution in [2.24, 2.45) is 0 Å². The van der Waals surface area contributed by atoms with Crippen LogP contribution in [0.2, 0.25) is 5.02 Å². The predicted molar refractivity (Wildman–Crippen MR) is 88.5 cm³/mol. The zero-order valence-electron chi connectivity index (χ0n) is 12.4. The first kappa shape index (κ1) is 16.2. The molecule has 0 fully saturated rings. The molecule has 2 aromatic carbocycles. The molecule has 0 aromatic heterocycles. The van der Waals surface area contributed by atoms with Crippen LogP contribution in [0.3, 0.4) is 0 Å². The van der Waals surface area contributed by atoms with Crippen molar-refractivity contribution in [3.05, 3.63) is 52.5 Å². The van der Waals surface area contributed by atoms with Gasteiger partial charge in [0.1, 0.15) is 5.75 Å². The number of aromatic carboxylic acids is 1. The molecule has 0 heterocycles. The molecule has 0 aliphatic carbocycles. The molecule has 1 atom stereocenters. The van der Waals surface area contributed by atoms with Gasteiger partial charge in [0.05, 0.1) is 22.0 Å². The number of carboxylic acid groups (broad SMARTS) is 1. The summed E-state index contributed by atoms with van der Waals surface area (Å²) in [6.45, 7) is 4.22. The molecule has 0 radical (unpaired) electrons. The fourth-order valence-electron chi connectivity index (χ4n) is 2.09. The summed E-state index contributed by atoms with van der Waals surface area (Å²) in [5, 5.41) is 22.3. The fraction of sp³-hybridized carbons (Fsp3) is 0.235. The number of rotatable bonds is 5. The van der Waals surface area contributed by atoms with Crippen LogP contribution in [0, 0.1) is 0 Å². The monoisotopic (exact) mass is 319 g/mol. The molecular formula is C17H18ClNO3. The van der Waals surface area contributed by atoms with Crippen LogP contribution in [0.5, 0.6) is 5.75 Å². The largest absolute Gasteiger partial charge is 0.506 e. The van der Waals surface area contributed by atoms with E-state index >= 15 is 0 Å². The van der Waals surface area contributed by atoms with Gasteiger partial charge in [-0.2, -0.15) is 0 Å². The van der Waals surface area contributed by atoms with Gasteiger partial charge in [-0.3, -0.25) is 0 Å². The Balaban J connectivity index is 2.32. The van der Waals surface area contributed by atoms with Crippen LogP contribution < -0.4 is 5.32 Å². The number of phenols is 1. The lowest BCUT2D eigenvalue weighted by Crippen LogP contribution is -1.99. The third-order valence-electron chi connectivity index (χ3n) is 3.69. The van der Waals surface area contributed by atoms with Crippen LogP contribution in [0.4, 0.5) is 11.4 Å². The van der Waals surface area contributed by atoms with Gasteiger partial charge in [-0.15, -0.1) is 0 Å². The molecule has 0 spiro atoms. The quantitative estimate of drug-likeness (QED) is 0.678. The molecule has 0 bridgehead atoms. The maximum absolute atomic E-state index is 10.9. The highest BCUT2D eigenvalue weighted by molar-refractivity contribution is 6.33. The number of benzene rings is 2. The number of nitrogens with one attached hydrogen (secondary N) is 1. The van der Waals surface area contributed by atoms with Crippen LogP contribution >= 0.6 is 11.6 Å². The molecule has 0 saturated heterocycles. The SMILES string of the molecule is CCC(C)c1ccc(O)c(Nc2ccc(C(=O)O)cc2Cl)c1. The summed E-state index contributed by atoms with van der Waals surface area (Å²) in [4.78, 5) is 10.9. The van der Waals surface area contributed by atoms with Gasteiger partial charge in [-0.05, 0) is 48.2 Å². The van der Waals surface area contributed by atoms with Gasteiger partial charge in [0.15, 0.2) is 0 Å². The van der Waals surface area contributed by atoms with Crippen molar-refractivity contribution in [3.63, 3.8) is 0 Å². The van der Waals surface area contributed by atoms with E-state index in [0.717, 1.165) is 12.0 Å². The molecule has 2 rings (SSSR count). The van der Waals surface area contributed by atoms with Crippen molar-refractivity contribution in [1.29, 1.82) is 0 Å². The summed E-state index contributed by atoms with van der Waals surface area (Å²) in [7, 11) is 0. The van der Waals surface area contributed by atoms with Gasteiger partial charge in [0.2, 0.25) is 0 Å². The minimum Gasteiger partial charge on any atom is -0.506 e. The first-order valence-electron chi connectivity index (χ1n) is 7.05. The Hall–Kier alpha value is -2.20. The molecule has 116 valence electrons. The zero-order chi connectivity index (χ0) is 16.3. The molecule has 4 nitrogen and oxygen atoms in total. The second-order valence-electron chi connectivity index (χ2n) is 5.21. The van der Waals surface area contributed by atoms with Gasteiger partial charge in [-0.1, -0.05) is 31.5 Å². The zero-order valence-corrected chi connectivity index (χ0v) is 13.2. The summed E-state index contributed by atoms with van der Waals surface area (Å²) in [5.41, 5.74) is 2.32. The Morgan fingerprint density at radius 1 is 1.23 bits per heavy atom. The highest BCUT2D eigenvalue weighted by Crippen LogP contribution is 2.33. The summed E-state index contributed by atoms with van der Waals surface area (Å²) in [6, 6.07) is 9.84. The lowest BCUT2D eigenvalue weighted by molar-refractivity contribution is 0.0697. The van der Waals surface area contributed by atoms with E-state index < -0.39 is 5.97 Å². The van der Waals surface area contributed by atoms with Crippen molar-refractivity contribution in [2.45, 2.75) is 26.2 Å². The molecule has 22 heavy (non-hydrogen) atoms. The van der Waals surface area contributed by atoms with Crippen LogP contribution in [0.25, 0.3) is 0 Å². The Bertz CT molecular complexity index is 700. The van der Waals surface area contributed by atoms with E-state index in [1.54, 1.807) is 12.1 Å². The van der Waals surface area contributed by atoms with Crippen molar-refractivity contribution < 1.29 is 15.0 Å². The highest BCUT2D eigenvalue weighted by Gasteiger charge is 2.11. The lowest BCUT2D eigenvalue weighted by atomic mass is 9.98. The van der Waals surface area contributed by atoms with E-state index in [1.165, 1.54) is 12.1 Å². The molecule has 0 aliphatic heterocycles. The van der Waals surface area contributed by atoms with Crippen molar-refractivity contribution >= 4 is 28.9 Å². The molecule has 3 N–H and O–H groups in total. The van der Waals surface area contributed by atoms with Crippen LogP contribution in [0.1, 0.15) is 42.1 Å². The van der Waals surface area contributed by atoms with Crippen molar-refractivity contribution in [2.75, 3.05) is 5.32 Å². The van der Waals surface area contributed by atoms with E-state index in [2.05, 4.69) is 19.2 Å². The number of hydrogen-bond donors (Lipinski definition) is 3. The first-order valence-corrected chi connectivity index (χ1v) is 7.43. The van der Waals surface area contributed by atoms with Gasteiger partial charge >= 0.3 is 5.97 Å². The summed E-state index contributed by atoms with van der Waals surface area (Å²) in [6.07, 6.45) is 0.998. The minimum absolute atomic E-state index is 0.116. The molecular weight excluding hydrogens is 302 g/mol. The fourth-order valence-corrected chi connectivity index (χ4v) is 2.32. The number of phenolic OH excluding ortho intramolecular Hbond substituents is 1. The van der Waals surface area contributed by atoms with Crippen molar-refractivity contribution in [1.82, 2.24) is 0 Å². The molecule has 2 aromatic rings. The third kappa shape index (κ3) is 3.52. The normalized spacial score (nSPS) is 12.0. The summed E-state index contributed by atoms with van der Waals surface area (Å²) >= 11 is 6.10. The molecule has 0 saturated carbocycles. The maximum atomic E-state index is 10.9. The van der Waals surface area contributed by atoms with Crippen LogP contribution in [0.15, 0.2) is 36.4 Å². The predicted octanol–water partition coefficient (Wildman–Crippen LogP) is 5.00. The topological polar surface area (TPSA) is 69.6 Å². The number of hydrogen-bond acceptors (Lipinski definition) is 3. The van der Waals surface area contributed by atoms with Crippen LogP contribution in [-0.4, -0.2) is 16.2 Å². The number of halogens is 1. The number of carbonyl (C=O) groups is 1. The van der Waals surface area contributed by atoms with E-state index in [-0.39, 0.29) is 16.3 Å². The average Bonchev–Trinajstić information content (AvgIpc) is 2.50. The van der Waals surface area contributed by atoms with Gasteiger partial charge in [0.25, 0.3) is 0 Å². The molecule has 0 amide bonds. The van der Waals surface area contributed by atoms with Crippen LogP contribution in [-0.2, 0) is 0 Å². The second-order valence-corrected chi connectivity index (χ2v) is 5.62. The number of anilines is 2. The van der Waals surface area contributed by atoms with Gasteiger partial charge in [-0.25, -0.2) is 4.79 Å². The Kier molecular flexibility index (Phi) is 4.93. The standard InChI is InChI=1S/C17H18ClNO3/c1-3-10(2)11-5-7-16(20)15(9-11)19-14-6-4-12(17(21)22)8-13(14)18/h4-10,19-20H,3H2,1-2H3,(H,21,22). The Morgan fingerprint density at radius 3 is 2.55 bits per heavy atom. The Labute approximate surface area is 134 Å².